The fraction of sp³-hybridized carbons (Fsp3) is 0.647. The zero-order valence-corrected chi connectivity index (χ0v) is 13.9. The highest BCUT2D eigenvalue weighted by atomic mass is 32.2. The van der Waals surface area contributed by atoms with Crippen LogP contribution in [0.4, 0.5) is 0 Å². The van der Waals surface area contributed by atoms with E-state index in [-0.39, 0.29) is 0 Å². The number of ether oxygens (including phenoxy) is 1. The Hall–Kier alpha value is -0.710. The number of likely N-dealkylation sites (N-methyl/N-ethyl adjacent to an activating group) is 2. The molecule has 1 aromatic rings. The summed E-state index contributed by atoms with van der Waals surface area (Å²) in [6.07, 6.45) is 2.90. The third-order valence-electron chi connectivity index (χ3n) is 4.32. The average molecular weight is 306 g/mol. The summed E-state index contributed by atoms with van der Waals surface area (Å²) in [4.78, 5) is 2.50. The van der Waals surface area contributed by atoms with Crippen molar-refractivity contribution in [1.82, 2.24) is 10.2 Å². The average Bonchev–Trinajstić information content (AvgIpc) is 3.31. The van der Waals surface area contributed by atoms with Crippen LogP contribution in [0.3, 0.4) is 0 Å². The SMILES string of the molecule is CCNC(c1ccc(OC2CC2)cc1)C1CSCCN1C. The van der Waals surface area contributed by atoms with Crippen LogP contribution in [0, 0.1) is 0 Å². The van der Waals surface area contributed by atoms with E-state index < -0.39 is 0 Å². The molecule has 0 bridgehead atoms. The summed E-state index contributed by atoms with van der Waals surface area (Å²) in [5.41, 5.74) is 1.37. The molecular formula is C17H26N2OS. The number of rotatable bonds is 6. The summed E-state index contributed by atoms with van der Waals surface area (Å²) in [6, 6.07) is 9.71. The number of hydrogen-bond donors (Lipinski definition) is 1. The molecule has 0 spiro atoms. The minimum Gasteiger partial charge on any atom is -0.490 e. The molecule has 21 heavy (non-hydrogen) atoms. The molecule has 2 unspecified atom stereocenters. The first kappa shape index (κ1) is 15.2. The van der Waals surface area contributed by atoms with E-state index in [1.54, 1.807) is 0 Å². The van der Waals surface area contributed by atoms with Crippen LogP contribution >= 0.6 is 11.8 Å². The van der Waals surface area contributed by atoms with Crippen molar-refractivity contribution in [3.05, 3.63) is 29.8 Å². The molecule has 0 aromatic heterocycles. The van der Waals surface area contributed by atoms with Gasteiger partial charge in [-0.05, 0) is 44.1 Å². The van der Waals surface area contributed by atoms with Crippen LogP contribution in [-0.4, -0.2) is 48.7 Å². The van der Waals surface area contributed by atoms with Gasteiger partial charge in [-0.3, -0.25) is 4.90 Å². The van der Waals surface area contributed by atoms with Crippen molar-refractivity contribution in [2.75, 3.05) is 31.6 Å². The maximum absolute atomic E-state index is 5.85. The molecule has 1 saturated heterocycles. The number of hydrogen-bond acceptors (Lipinski definition) is 4. The van der Waals surface area contributed by atoms with Gasteiger partial charge in [0.1, 0.15) is 5.75 Å². The van der Waals surface area contributed by atoms with Crippen molar-refractivity contribution >= 4 is 11.8 Å². The lowest BCUT2D eigenvalue weighted by Gasteiger charge is -2.38. The zero-order chi connectivity index (χ0) is 14.7. The Morgan fingerprint density at radius 1 is 1.33 bits per heavy atom. The fourth-order valence-electron chi connectivity index (χ4n) is 2.88. The van der Waals surface area contributed by atoms with Gasteiger partial charge < -0.3 is 10.1 Å². The van der Waals surface area contributed by atoms with Crippen molar-refractivity contribution in [1.29, 1.82) is 0 Å². The van der Waals surface area contributed by atoms with Crippen LogP contribution < -0.4 is 10.1 Å². The van der Waals surface area contributed by atoms with E-state index >= 15 is 0 Å². The van der Waals surface area contributed by atoms with Crippen LogP contribution in [0.2, 0.25) is 0 Å². The largest absolute Gasteiger partial charge is 0.490 e. The number of thioether (sulfide) groups is 1. The summed E-state index contributed by atoms with van der Waals surface area (Å²) < 4.78 is 5.85. The highest BCUT2D eigenvalue weighted by Crippen LogP contribution is 2.30. The highest BCUT2D eigenvalue weighted by molar-refractivity contribution is 7.99. The summed E-state index contributed by atoms with van der Waals surface area (Å²) in [5, 5.41) is 3.68. The maximum atomic E-state index is 5.85. The molecule has 1 heterocycles. The monoisotopic (exact) mass is 306 g/mol. The van der Waals surface area contributed by atoms with Gasteiger partial charge in [0.05, 0.1) is 6.10 Å². The molecule has 1 aliphatic heterocycles. The van der Waals surface area contributed by atoms with Crippen LogP contribution in [0.25, 0.3) is 0 Å². The molecular weight excluding hydrogens is 280 g/mol. The molecule has 3 nitrogen and oxygen atoms in total. The quantitative estimate of drug-likeness (QED) is 0.873. The Balaban J connectivity index is 1.72. The first-order valence-corrected chi connectivity index (χ1v) is 9.21. The molecule has 0 radical (unpaired) electrons. The number of nitrogens with one attached hydrogen (secondary N) is 1. The minimum absolute atomic E-state index is 0.405. The Labute approximate surface area is 132 Å². The van der Waals surface area contributed by atoms with E-state index in [2.05, 4.69) is 60.2 Å². The predicted molar refractivity (Wildman–Crippen MR) is 90.3 cm³/mol. The third kappa shape index (κ3) is 3.93. The van der Waals surface area contributed by atoms with E-state index in [0.717, 1.165) is 12.3 Å². The van der Waals surface area contributed by atoms with Crippen LogP contribution in [0.5, 0.6) is 5.75 Å². The second-order valence-electron chi connectivity index (χ2n) is 6.04. The van der Waals surface area contributed by atoms with E-state index in [9.17, 15) is 0 Å². The Morgan fingerprint density at radius 2 is 2.10 bits per heavy atom. The van der Waals surface area contributed by atoms with Crippen molar-refractivity contribution in [3.8, 4) is 5.75 Å². The molecule has 116 valence electrons. The van der Waals surface area contributed by atoms with Gasteiger partial charge in [-0.2, -0.15) is 11.8 Å². The molecule has 0 amide bonds. The third-order valence-corrected chi connectivity index (χ3v) is 5.37. The number of nitrogens with zero attached hydrogens (tertiary/aromatic N) is 1. The predicted octanol–water partition coefficient (Wildman–Crippen LogP) is 2.93. The van der Waals surface area contributed by atoms with Gasteiger partial charge >= 0.3 is 0 Å². The lowest BCUT2D eigenvalue weighted by Crippen LogP contribution is -2.47. The molecule has 1 aliphatic carbocycles. The molecule has 2 atom stereocenters. The van der Waals surface area contributed by atoms with Gasteiger partial charge in [0.15, 0.2) is 0 Å². The molecule has 1 saturated carbocycles. The molecule has 1 N–H and O–H groups in total. The normalized spacial score (nSPS) is 24.8. The van der Waals surface area contributed by atoms with E-state index in [4.69, 9.17) is 4.74 Å². The van der Waals surface area contributed by atoms with Gasteiger partial charge in [0.25, 0.3) is 0 Å². The van der Waals surface area contributed by atoms with Gasteiger partial charge in [-0.1, -0.05) is 19.1 Å². The lowest BCUT2D eigenvalue weighted by molar-refractivity contribution is 0.217. The van der Waals surface area contributed by atoms with Crippen LogP contribution in [0.15, 0.2) is 24.3 Å². The second kappa shape index (κ2) is 7.03. The summed E-state index contributed by atoms with van der Waals surface area (Å²) in [6.45, 7) is 4.37. The molecule has 1 aromatic carbocycles. The number of benzene rings is 1. The van der Waals surface area contributed by atoms with Crippen molar-refractivity contribution in [2.45, 2.75) is 38.0 Å². The molecule has 2 aliphatic rings. The van der Waals surface area contributed by atoms with E-state index in [1.807, 2.05) is 0 Å². The molecule has 2 fully saturated rings. The van der Waals surface area contributed by atoms with E-state index in [0.29, 0.717) is 18.2 Å². The minimum atomic E-state index is 0.405. The maximum Gasteiger partial charge on any atom is 0.119 e. The highest BCUT2D eigenvalue weighted by Gasteiger charge is 2.29. The summed E-state index contributed by atoms with van der Waals surface area (Å²) >= 11 is 2.07. The standard InChI is InChI=1S/C17H26N2OS/c1-3-18-17(16-12-21-11-10-19(16)2)13-4-6-14(7-5-13)20-15-8-9-15/h4-7,15-18H,3,8-12H2,1-2H3. The van der Waals surface area contributed by atoms with Crippen LogP contribution in [-0.2, 0) is 0 Å². The molecule has 3 rings (SSSR count). The zero-order valence-electron chi connectivity index (χ0n) is 13.0. The van der Waals surface area contributed by atoms with Crippen LogP contribution in [0.1, 0.15) is 31.4 Å². The molecule has 4 heteroatoms. The Kier molecular flexibility index (Phi) is 5.09. The van der Waals surface area contributed by atoms with Gasteiger partial charge in [0.2, 0.25) is 0 Å². The first-order chi connectivity index (χ1) is 10.3. The lowest BCUT2D eigenvalue weighted by atomic mass is 9.99. The van der Waals surface area contributed by atoms with E-state index in [1.165, 1.54) is 36.5 Å². The summed E-state index contributed by atoms with van der Waals surface area (Å²) in [7, 11) is 2.25. The Bertz CT molecular complexity index is 447. The fourth-order valence-corrected chi connectivity index (χ4v) is 4.16. The van der Waals surface area contributed by atoms with Crippen molar-refractivity contribution in [3.63, 3.8) is 0 Å². The van der Waals surface area contributed by atoms with Gasteiger partial charge in [-0.25, -0.2) is 0 Å². The smallest absolute Gasteiger partial charge is 0.119 e. The second-order valence-corrected chi connectivity index (χ2v) is 7.19. The van der Waals surface area contributed by atoms with Gasteiger partial charge in [0, 0.05) is 30.1 Å². The van der Waals surface area contributed by atoms with Gasteiger partial charge in [-0.15, -0.1) is 0 Å². The Morgan fingerprint density at radius 3 is 2.71 bits per heavy atom. The van der Waals surface area contributed by atoms with Crippen molar-refractivity contribution in [2.24, 2.45) is 0 Å². The van der Waals surface area contributed by atoms with Crippen molar-refractivity contribution < 1.29 is 4.74 Å². The topological polar surface area (TPSA) is 24.5 Å². The summed E-state index contributed by atoms with van der Waals surface area (Å²) in [5.74, 6) is 3.47. The first-order valence-electron chi connectivity index (χ1n) is 8.06.